The highest BCUT2D eigenvalue weighted by Gasteiger charge is 2.17. The van der Waals surface area contributed by atoms with Crippen molar-refractivity contribution in [2.75, 3.05) is 7.11 Å². The van der Waals surface area contributed by atoms with Crippen LogP contribution in [-0.2, 0) is 16.0 Å². The van der Waals surface area contributed by atoms with Gasteiger partial charge in [0.1, 0.15) is 5.75 Å². The SMILES string of the molecule is COC(=O)C(C)C[C@@H](C)Cc1ccc(O)c(C)c1. The molecule has 2 atom stereocenters. The van der Waals surface area contributed by atoms with Crippen LogP contribution < -0.4 is 0 Å². The third-order valence-corrected chi connectivity index (χ3v) is 3.20. The largest absolute Gasteiger partial charge is 0.508 e. The van der Waals surface area contributed by atoms with Gasteiger partial charge in [0.25, 0.3) is 0 Å². The lowest BCUT2D eigenvalue weighted by molar-refractivity contribution is -0.145. The molecule has 0 aliphatic carbocycles. The maximum absolute atomic E-state index is 11.3. The molecule has 0 saturated heterocycles. The van der Waals surface area contributed by atoms with E-state index in [0.717, 1.165) is 18.4 Å². The first-order valence-electron chi connectivity index (χ1n) is 6.30. The average Bonchev–Trinajstić information content (AvgIpc) is 2.32. The molecular weight excluding hydrogens is 228 g/mol. The number of aryl methyl sites for hydroxylation is 1. The van der Waals surface area contributed by atoms with Crippen LogP contribution in [0.2, 0.25) is 0 Å². The van der Waals surface area contributed by atoms with E-state index in [-0.39, 0.29) is 11.9 Å². The van der Waals surface area contributed by atoms with Gasteiger partial charge in [-0.25, -0.2) is 0 Å². The van der Waals surface area contributed by atoms with E-state index in [1.165, 1.54) is 12.7 Å². The Morgan fingerprint density at radius 3 is 2.61 bits per heavy atom. The number of carbonyl (C=O) groups excluding carboxylic acids is 1. The van der Waals surface area contributed by atoms with E-state index in [2.05, 4.69) is 6.92 Å². The molecule has 0 aliphatic heterocycles. The number of esters is 1. The normalized spacial score (nSPS) is 14.0. The summed E-state index contributed by atoms with van der Waals surface area (Å²) >= 11 is 0. The number of phenols is 1. The summed E-state index contributed by atoms with van der Waals surface area (Å²) in [4.78, 5) is 11.3. The van der Waals surface area contributed by atoms with Crippen LogP contribution in [0.5, 0.6) is 5.75 Å². The van der Waals surface area contributed by atoms with Crippen LogP contribution in [0.4, 0.5) is 0 Å². The smallest absolute Gasteiger partial charge is 0.308 e. The summed E-state index contributed by atoms with van der Waals surface area (Å²) in [6, 6.07) is 5.65. The van der Waals surface area contributed by atoms with Crippen molar-refractivity contribution in [1.29, 1.82) is 0 Å². The molecule has 100 valence electrons. The maximum atomic E-state index is 11.3. The number of carbonyl (C=O) groups is 1. The molecule has 1 rings (SSSR count). The van der Waals surface area contributed by atoms with Gasteiger partial charge in [0, 0.05) is 0 Å². The van der Waals surface area contributed by atoms with E-state index in [9.17, 15) is 9.90 Å². The molecular formula is C15H22O3. The fourth-order valence-corrected chi connectivity index (χ4v) is 2.23. The second kappa shape index (κ2) is 6.43. The van der Waals surface area contributed by atoms with Crippen molar-refractivity contribution in [3.63, 3.8) is 0 Å². The van der Waals surface area contributed by atoms with Gasteiger partial charge in [-0.15, -0.1) is 0 Å². The van der Waals surface area contributed by atoms with Gasteiger partial charge in [-0.3, -0.25) is 4.79 Å². The van der Waals surface area contributed by atoms with Crippen molar-refractivity contribution in [2.45, 2.75) is 33.6 Å². The third-order valence-electron chi connectivity index (χ3n) is 3.20. The number of phenolic OH excluding ortho intramolecular Hbond substituents is 1. The molecule has 3 nitrogen and oxygen atoms in total. The zero-order valence-corrected chi connectivity index (χ0v) is 11.6. The van der Waals surface area contributed by atoms with E-state index in [4.69, 9.17) is 4.74 Å². The Hall–Kier alpha value is -1.51. The van der Waals surface area contributed by atoms with Gasteiger partial charge in [0.2, 0.25) is 0 Å². The second-order valence-electron chi connectivity index (χ2n) is 5.09. The van der Waals surface area contributed by atoms with Gasteiger partial charge in [-0.05, 0) is 42.9 Å². The minimum atomic E-state index is -0.149. The number of methoxy groups -OCH3 is 1. The summed E-state index contributed by atoms with van der Waals surface area (Å²) in [5.74, 6) is 0.518. The Morgan fingerprint density at radius 1 is 1.39 bits per heavy atom. The monoisotopic (exact) mass is 250 g/mol. The Morgan fingerprint density at radius 2 is 2.06 bits per heavy atom. The van der Waals surface area contributed by atoms with E-state index in [1.54, 1.807) is 6.07 Å². The molecule has 1 unspecified atom stereocenters. The van der Waals surface area contributed by atoms with Crippen molar-refractivity contribution in [3.8, 4) is 5.75 Å². The minimum Gasteiger partial charge on any atom is -0.508 e. The molecule has 1 aromatic rings. The van der Waals surface area contributed by atoms with Crippen LogP contribution in [0.3, 0.4) is 0 Å². The molecule has 0 fully saturated rings. The molecule has 3 heteroatoms. The van der Waals surface area contributed by atoms with Crippen LogP contribution in [-0.4, -0.2) is 18.2 Å². The summed E-state index contributed by atoms with van der Waals surface area (Å²) in [7, 11) is 1.42. The second-order valence-corrected chi connectivity index (χ2v) is 5.09. The predicted molar refractivity (Wildman–Crippen MR) is 71.5 cm³/mol. The van der Waals surface area contributed by atoms with Crippen LogP contribution >= 0.6 is 0 Å². The molecule has 0 saturated carbocycles. The molecule has 0 amide bonds. The van der Waals surface area contributed by atoms with Crippen LogP contribution in [0.15, 0.2) is 18.2 Å². The van der Waals surface area contributed by atoms with Gasteiger partial charge in [-0.2, -0.15) is 0 Å². The molecule has 0 radical (unpaired) electrons. The highest BCUT2D eigenvalue weighted by molar-refractivity contribution is 5.71. The zero-order valence-electron chi connectivity index (χ0n) is 11.6. The summed E-state index contributed by atoms with van der Waals surface area (Å²) in [5.41, 5.74) is 2.08. The molecule has 1 aromatic carbocycles. The zero-order chi connectivity index (χ0) is 13.7. The first-order valence-corrected chi connectivity index (χ1v) is 6.30. The molecule has 18 heavy (non-hydrogen) atoms. The van der Waals surface area contributed by atoms with Crippen molar-refractivity contribution in [2.24, 2.45) is 11.8 Å². The van der Waals surface area contributed by atoms with Crippen LogP contribution in [0.1, 0.15) is 31.4 Å². The number of aromatic hydroxyl groups is 1. The summed E-state index contributed by atoms with van der Waals surface area (Å²) in [5, 5.41) is 9.47. The van der Waals surface area contributed by atoms with Gasteiger partial charge in [0.05, 0.1) is 13.0 Å². The summed E-state index contributed by atoms with van der Waals surface area (Å²) in [6.07, 6.45) is 1.72. The number of benzene rings is 1. The number of hydrogen-bond acceptors (Lipinski definition) is 3. The number of hydrogen-bond donors (Lipinski definition) is 1. The Labute approximate surface area is 109 Å². The molecule has 0 heterocycles. The van der Waals surface area contributed by atoms with Crippen molar-refractivity contribution in [3.05, 3.63) is 29.3 Å². The lowest BCUT2D eigenvalue weighted by Gasteiger charge is -2.16. The Bertz CT molecular complexity index is 412. The van der Waals surface area contributed by atoms with Gasteiger partial charge < -0.3 is 9.84 Å². The van der Waals surface area contributed by atoms with Crippen molar-refractivity contribution < 1.29 is 14.6 Å². The number of rotatable bonds is 5. The fraction of sp³-hybridized carbons (Fsp3) is 0.533. The summed E-state index contributed by atoms with van der Waals surface area (Å²) < 4.78 is 4.73. The molecule has 0 bridgehead atoms. The fourth-order valence-electron chi connectivity index (χ4n) is 2.23. The van der Waals surface area contributed by atoms with Gasteiger partial charge in [-0.1, -0.05) is 26.0 Å². The average molecular weight is 250 g/mol. The first kappa shape index (κ1) is 14.6. The van der Waals surface area contributed by atoms with Crippen molar-refractivity contribution >= 4 is 5.97 Å². The lowest BCUT2D eigenvalue weighted by atomic mass is 9.91. The predicted octanol–water partition coefficient (Wildman–Crippen LogP) is 3.08. The highest BCUT2D eigenvalue weighted by Crippen LogP contribution is 2.22. The van der Waals surface area contributed by atoms with Gasteiger partial charge in [0.15, 0.2) is 0 Å². The summed E-state index contributed by atoms with van der Waals surface area (Å²) in [6.45, 7) is 5.91. The number of ether oxygens (including phenoxy) is 1. The lowest BCUT2D eigenvalue weighted by Crippen LogP contribution is -2.16. The van der Waals surface area contributed by atoms with E-state index in [0.29, 0.717) is 11.7 Å². The third kappa shape index (κ3) is 4.06. The molecule has 0 spiro atoms. The van der Waals surface area contributed by atoms with Crippen molar-refractivity contribution in [1.82, 2.24) is 0 Å². The Balaban J connectivity index is 2.56. The maximum Gasteiger partial charge on any atom is 0.308 e. The van der Waals surface area contributed by atoms with E-state index < -0.39 is 0 Å². The molecule has 0 aromatic heterocycles. The minimum absolute atomic E-state index is 0.0665. The highest BCUT2D eigenvalue weighted by atomic mass is 16.5. The molecule has 0 aliphatic rings. The van der Waals surface area contributed by atoms with Crippen LogP contribution in [0.25, 0.3) is 0 Å². The molecule has 1 N–H and O–H groups in total. The first-order chi connectivity index (χ1) is 8.43. The van der Waals surface area contributed by atoms with Crippen LogP contribution in [0, 0.1) is 18.8 Å². The standard InChI is InChI=1S/C15H22O3/c1-10(7-12(3)15(17)18-4)8-13-5-6-14(16)11(2)9-13/h5-6,9-10,12,16H,7-8H2,1-4H3/t10-,12?/m1/s1. The quantitative estimate of drug-likeness (QED) is 0.817. The van der Waals surface area contributed by atoms with E-state index in [1.807, 2.05) is 26.0 Å². The van der Waals surface area contributed by atoms with Gasteiger partial charge >= 0.3 is 5.97 Å². The van der Waals surface area contributed by atoms with E-state index >= 15 is 0 Å². The topological polar surface area (TPSA) is 46.5 Å². The Kier molecular flexibility index (Phi) is 5.20.